The van der Waals surface area contributed by atoms with E-state index in [1.807, 2.05) is 25.1 Å². The quantitative estimate of drug-likeness (QED) is 0.942. The van der Waals surface area contributed by atoms with E-state index in [0.717, 1.165) is 18.6 Å². The second-order valence-electron chi connectivity index (χ2n) is 5.50. The van der Waals surface area contributed by atoms with Crippen LogP contribution in [0.25, 0.3) is 0 Å². The van der Waals surface area contributed by atoms with Gasteiger partial charge in [0.25, 0.3) is 5.91 Å². The van der Waals surface area contributed by atoms with Crippen LogP contribution in [-0.2, 0) is 12.8 Å². The summed E-state index contributed by atoms with van der Waals surface area (Å²) in [4.78, 5) is 16.2. The zero-order valence-corrected chi connectivity index (χ0v) is 12.7. The van der Waals surface area contributed by atoms with Crippen molar-refractivity contribution >= 4 is 5.91 Å². The summed E-state index contributed by atoms with van der Waals surface area (Å²) >= 11 is 0. The molecule has 5 nitrogen and oxygen atoms in total. The van der Waals surface area contributed by atoms with Crippen molar-refractivity contribution < 1.29 is 13.9 Å². The van der Waals surface area contributed by atoms with Gasteiger partial charge in [-0.25, -0.2) is 4.98 Å². The average Bonchev–Trinajstić information content (AvgIpc) is 2.92. The fourth-order valence-corrected chi connectivity index (χ4v) is 2.76. The Morgan fingerprint density at radius 3 is 3.14 bits per heavy atom. The molecular formula is C17H20N2O3. The summed E-state index contributed by atoms with van der Waals surface area (Å²) in [5.41, 5.74) is 1.60. The first-order valence-corrected chi connectivity index (χ1v) is 7.69. The minimum atomic E-state index is -0.163. The lowest BCUT2D eigenvalue weighted by atomic mass is 9.97. The molecule has 1 aliphatic heterocycles. The second-order valence-corrected chi connectivity index (χ2v) is 5.50. The third-order valence-electron chi connectivity index (χ3n) is 3.99. The first kappa shape index (κ1) is 14.6. The van der Waals surface area contributed by atoms with Gasteiger partial charge in [-0.2, -0.15) is 0 Å². The SMILES string of the molecule is CCc1ocnc1C(=O)NCC1CCOc2ccccc2C1. The van der Waals surface area contributed by atoms with Crippen molar-refractivity contribution in [2.75, 3.05) is 13.2 Å². The minimum Gasteiger partial charge on any atom is -0.493 e. The number of aryl methyl sites for hydroxylation is 1. The van der Waals surface area contributed by atoms with Crippen molar-refractivity contribution in [1.29, 1.82) is 0 Å². The molecule has 2 aromatic rings. The lowest BCUT2D eigenvalue weighted by Gasteiger charge is -2.14. The van der Waals surface area contributed by atoms with E-state index >= 15 is 0 Å². The number of hydrogen-bond acceptors (Lipinski definition) is 4. The molecule has 0 radical (unpaired) electrons. The third kappa shape index (κ3) is 3.13. The van der Waals surface area contributed by atoms with Gasteiger partial charge in [-0.1, -0.05) is 25.1 Å². The van der Waals surface area contributed by atoms with Crippen LogP contribution in [0.2, 0.25) is 0 Å². The number of rotatable bonds is 4. The van der Waals surface area contributed by atoms with Gasteiger partial charge in [0.15, 0.2) is 12.1 Å². The predicted molar refractivity (Wildman–Crippen MR) is 82.0 cm³/mol. The van der Waals surface area contributed by atoms with Gasteiger partial charge in [0.05, 0.1) is 6.61 Å². The monoisotopic (exact) mass is 300 g/mol. The number of ether oxygens (including phenoxy) is 1. The van der Waals surface area contributed by atoms with Crippen LogP contribution in [0.4, 0.5) is 0 Å². The van der Waals surface area contributed by atoms with E-state index in [2.05, 4.69) is 16.4 Å². The van der Waals surface area contributed by atoms with Crippen molar-refractivity contribution in [2.45, 2.75) is 26.2 Å². The van der Waals surface area contributed by atoms with Crippen molar-refractivity contribution in [1.82, 2.24) is 10.3 Å². The van der Waals surface area contributed by atoms with Crippen LogP contribution in [-0.4, -0.2) is 24.0 Å². The molecule has 1 N–H and O–H groups in total. The highest BCUT2D eigenvalue weighted by Crippen LogP contribution is 2.26. The first-order chi connectivity index (χ1) is 10.8. The van der Waals surface area contributed by atoms with Crippen LogP contribution in [0, 0.1) is 5.92 Å². The molecule has 5 heteroatoms. The van der Waals surface area contributed by atoms with Gasteiger partial charge in [-0.05, 0) is 30.4 Å². The molecular weight excluding hydrogens is 280 g/mol. The largest absolute Gasteiger partial charge is 0.493 e. The van der Waals surface area contributed by atoms with Crippen molar-refractivity contribution in [3.8, 4) is 5.75 Å². The molecule has 1 amide bonds. The molecule has 1 aliphatic rings. The Morgan fingerprint density at radius 2 is 2.27 bits per heavy atom. The van der Waals surface area contributed by atoms with Crippen LogP contribution >= 0.6 is 0 Å². The topological polar surface area (TPSA) is 64.4 Å². The summed E-state index contributed by atoms with van der Waals surface area (Å²) in [5, 5.41) is 2.97. The van der Waals surface area contributed by atoms with Crippen LogP contribution in [0.5, 0.6) is 5.75 Å². The Bertz CT molecular complexity index is 651. The van der Waals surface area contributed by atoms with Crippen LogP contribution in [0.1, 0.15) is 35.2 Å². The Labute approximate surface area is 129 Å². The predicted octanol–water partition coefficient (Wildman–Crippen LogP) is 2.61. The smallest absolute Gasteiger partial charge is 0.273 e. The van der Waals surface area contributed by atoms with E-state index in [1.54, 1.807) is 0 Å². The maximum Gasteiger partial charge on any atom is 0.273 e. The highest BCUT2D eigenvalue weighted by atomic mass is 16.5. The van der Waals surface area contributed by atoms with Gasteiger partial charge in [0.1, 0.15) is 11.5 Å². The summed E-state index contributed by atoms with van der Waals surface area (Å²) in [6.45, 7) is 3.24. The number of fused-ring (bicyclic) bond motifs is 1. The molecule has 0 bridgehead atoms. The lowest BCUT2D eigenvalue weighted by Crippen LogP contribution is -2.31. The Hall–Kier alpha value is -2.30. The lowest BCUT2D eigenvalue weighted by molar-refractivity contribution is 0.0939. The van der Waals surface area contributed by atoms with E-state index in [4.69, 9.17) is 9.15 Å². The number of carbonyl (C=O) groups is 1. The summed E-state index contributed by atoms with van der Waals surface area (Å²) in [6, 6.07) is 8.09. The average molecular weight is 300 g/mol. The molecule has 0 aliphatic carbocycles. The first-order valence-electron chi connectivity index (χ1n) is 7.69. The highest BCUT2D eigenvalue weighted by Gasteiger charge is 2.20. The fraction of sp³-hybridized carbons (Fsp3) is 0.412. The van der Waals surface area contributed by atoms with Crippen molar-refractivity contribution in [3.05, 3.63) is 47.7 Å². The molecule has 1 unspecified atom stereocenters. The number of oxazole rings is 1. The zero-order chi connectivity index (χ0) is 15.4. The molecule has 3 rings (SSSR count). The van der Waals surface area contributed by atoms with Crippen molar-refractivity contribution in [3.63, 3.8) is 0 Å². The highest BCUT2D eigenvalue weighted by molar-refractivity contribution is 5.93. The molecule has 116 valence electrons. The molecule has 0 fully saturated rings. The number of para-hydroxylation sites is 1. The standard InChI is InChI=1S/C17H20N2O3/c1-2-14-16(19-11-22-14)17(20)18-10-12-7-8-21-15-6-4-3-5-13(15)9-12/h3-6,11-12H,2,7-10H2,1H3,(H,18,20). The molecule has 0 saturated carbocycles. The Kier molecular flexibility index (Phi) is 4.42. The van der Waals surface area contributed by atoms with Crippen LogP contribution < -0.4 is 10.1 Å². The molecule has 22 heavy (non-hydrogen) atoms. The van der Waals surface area contributed by atoms with E-state index < -0.39 is 0 Å². The number of carbonyl (C=O) groups excluding carboxylic acids is 1. The van der Waals surface area contributed by atoms with Gasteiger partial charge in [0.2, 0.25) is 0 Å². The minimum absolute atomic E-state index is 0.163. The maximum absolute atomic E-state index is 12.2. The van der Waals surface area contributed by atoms with Gasteiger partial charge in [-0.3, -0.25) is 4.79 Å². The summed E-state index contributed by atoms with van der Waals surface area (Å²) in [5.74, 6) is 1.79. The van der Waals surface area contributed by atoms with Crippen molar-refractivity contribution in [2.24, 2.45) is 5.92 Å². The normalized spacial score (nSPS) is 17.2. The zero-order valence-electron chi connectivity index (χ0n) is 12.7. The van der Waals surface area contributed by atoms with E-state index in [9.17, 15) is 4.79 Å². The third-order valence-corrected chi connectivity index (χ3v) is 3.99. The van der Waals surface area contributed by atoms with E-state index in [0.29, 0.717) is 36.9 Å². The molecule has 1 aromatic carbocycles. The summed E-state index contributed by atoms with van der Waals surface area (Å²) in [6.07, 6.45) is 3.82. The number of nitrogens with one attached hydrogen (secondary N) is 1. The molecule has 0 spiro atoms. The Balaban J connectivity index is 1.61. The van der Waals surface area contributed by atoms with Gasteiger partial charge < -0.3 is 14.5 Å². The van der Waals surface area contributed by atoms with Gasteiger partial charge in [0, 0.05) is 13.0 Å². The number of amides is 1. The van der Waals surface area contributed by atoms with Crippen LogP contribution in [0.15, 0.2) is 35.1 Å². The Morgan fingerprint density at radius 1 is 1.41 bits per heavy atom. The van der Waals surface area contributed by atoms with Gasteiger partial charge >= 0.3 is 0 Å². The molecule has 2 heterocycles. The van der Waals surface area contributed by atoms with E-state index in [-0.39, 0.29) is 5.91 Å². The molecule has 1 aromatic heterocycles. The number of benzene rings is 1. The summed E-state index contributed by atoms with van der Waals surface area (Å²) < 4.78 is 11.0. The van der Waals surface area contributed by atoms with Gasteiger partial charge in [-0.15, -0.1) is 0 Å². The van der Waals surface area contributed by atoms with E-state index in [1.165, 1.54) is 12.0 Å². The number of aromatic nitrogens is 1. The summed E-state index contributed by atoms with van der Waals surface area (Å²) in [7, 11) is 0. The maximum atomic E-state index is 12.2. The number of nitrogens with zero attached hydrogens (tertiary/aromatic N) is 1. The van der Waals surface area contributed by atoms with Crippen LogP contribution in [0.3, 0.4) is 0 Å². The molecule has 1 atom stereocenters. The fourth-order valence-electron chi connectivity index (χ4n) is 2.76. The molecule has 0 saturated heterocycles. The number of hydrogen-bond donors (Lipinski definition) is 1. The second kappa shape index (κ2) is 6.64.